The molecule has 0 aromatic heterocycles. The van der Waals surface area contributed by atoms with Crippen molar-refractivity contribution in [2.45, 2.75) is 77.0 Å². The predicted molar refractivity (Wildman–Crippen MR) is 108 cm³/mol. The Morgan fingerprint density at radius 3 is 1.77 bits per heavy atom. The van der Waals surface area contributed by atoms with Crippen LogP contribution in [0, 0.1) is 11.8 Å². The zero-order chi connectivity index (χ0) is 15.3. The molecule has 126 valence electrons. The first-order valence-electron chi connectivity index (χ1n) is 8.89. The van der Waals surface area contributed by atoms with Crippen LogP contribution in [0.25, 0.3) is 0 Å². The molecule has 0 aromatic rings. The number of thiol groups is 1. The van der Waals surface area contributed by atoms with Gasteiger partial charge < -0.3 is 11.1 Å². The molecule has 0 heterocycles. The molecule has 0 spiro atoms. The molecule has 22 heavy (non-hydrogen) atoms. The summed E-state index contributed by atoms with van der Waals surface area (Å²) in [6.07, 6.45) is 16.9. The van der Waals surface area contributed by atoms with Crippen molar-refractivity contribution >= 4 is 58.7 Å². The van der Waals surface area contributed by atoms with E-state index in [4.69, 9.17) is 18.0 Å². The van der Waals surface area contributed by atoms with Gasteiger partial charge >= 0.3 is 29.6 Å². The molecule has 0 bridgehead atoms. The Bertz CT molecular complexity index is 263. The van der Waals surface area contributed by atoms with Gasteiger partial charge in [-0.1, -0.05) is 76.4 Å². The molecule has 0 saturated heterocycles. The molecule has 0 atom stereocenters. The van der Waals surface area contributed by atoms with Crippen molar-refractivity contribution in [1.82, 2.24) is 5.32 Å². The molecule has 0 aromatic carbocycles. The summed E-state index contributed by atoms with van der Waals surface area (Å²) in [6, 6.07) is 0. The van der Waals surface area contributed by atoms with Gasteiger partial charge in [0.05, 0.1) is 0 Å². The summed E-state index contributed by atoms with van der Waals surface area (Å²) in [5, 5.41) is 3.09. The standard InChI is InChI=1S/C9H17NS2.C8H17N.Na.H/c11-9(12)10-7-6-8-4-2-1-3-5-8;9-7-6-8-4-2-1-3-5-8;;/h8H,1-7H2,(H2,10,11,12);8H,1-7,9H2;;. The van der Waals surface area contributed by atoms with Crippen LogP contribution < -0.4 is 11.1 Å². The third-order valence-electron chi connectivity index (χ3n) is 4.85. The Morgan fingerprint density at radius 2 is 1.36 bits per heavy atom. The molecule has 2 rings (SSSR count). The van der Waals surface area contributed by atoms with Crippen LogP contribution >= 0.6 is 24.8 Å². The Morgan fingerprint density at radius 1 is 0.909 bits per heavy atom. The van der Waals surface area contributed by atoms with E-state index in [0.717, 1.165) is 24.9 Å². The first kappa shape index (κ1) is 23.2. The number of hydrogen-bond donors (Lipinski definition) is 3. The molecule has 5 heteroatoms. The van der Waals surface area contributed by atoms with E-state index in [1.165, 1.54) is 77.0 Å². The van der Waals surface area contributed by atoms with Crippen LogP contribution in [-0.4, -0.2) is 47.0 Å². The summed E-state index contributed by atoms with van der Waals surface area (Å²) >= 11 is 8.83. The van der Waals surface area contributed by atoms with Gasteiger partial charge in [-0.25, -0.2) is 0 Å². The van der Waals surface area contributed by atoms with Gasteiger partial charge in [-0.2, -0.15) is 0 Å². The molecule has 0 radical (unpaired) electrons. The van der Waals surface area contributed by atoms with Gasteiger partial charge in [0.15, 0.2) is 0 Å². The Hall–Kier alpha value is 1.20. The van der Waals surface area contributed by atoms with Crippen molar-refractivity contribution in [3.63, 3.8) is 0 Å². The van der Waals surface area contributed by atoms with Crippen molar-refractivity contribution in [2.75, 3.05) is 13.1 Å². The number of nitrogens with two attached hydrogens (primary N) is 1. The molecular weight excluding hydrogens is 319 g/mol. The fourth-order valence-corrected chi connectivity index (χ4v) is 3.78. The third-order valence-corrected chi connectivity index (χ3v) is 5.16. The molecule has 0 unspecified atom stereocenters. The zero-order valence-corrected chi connectivity index (χ0v) is 15.2. The maximum absolute atomic E-state index is 5.46. The number of thiocarbonyl (C=S) groups is 1. The molecular formula is C17H35N2NaS2. The van der Waals surface area contributed by atoms with Crippen LogP contribution in [0.1, 0.15) is 77.0 Å². The molecule has 2 fully saturated rings. The molecule has 0 amide bonds. The normalized spacial score (nSPS) is 19.5. The van der Waals surface area contributed by atoms with Crippen molar-refractivity contribution in [3.8, 4) is 0 Å². The van der Waals surface area contributed by atoms with Crippen molar-refractivity contribution in [3.05, 3.63) is 0 Å². The van der Waals surface area contributed by atoms with E-state index in [1.807, 2.05) is 0 Å². The van der Waals surface area contributed by atoms with Gasteiger partial charge in [0.1, 0.15) is 4.32 Å². The average Bonchev–Trinajstić information content (AvgIpc) is 2.50. The molecule has 2 nitrogen and oxygen atoms in total. The van der Waals surface area contributed by atoms with Crippen molar-refractivity contribution in [2.24, 2.45) is 17.6 Å². The van der Waals surface area contributed by atoms with Gasteiger partial charge in [0.2, 0.25) is 0 Å². The van der Waals surface area contributed by atoms with Gasteiger partial charge in [-0.15, -0.1) is 12.6 Å². The predicted octanol–water partition coefficient (Wildman–Crippen LogP) is 4.03. The van der Waals surface area contributed by atoms with Crippen LogP contribution in [0.5, 0.6) is 0 Å². The second kappa shape index (κ2) is 15.7. The molecule has 2 aliphatic carbocycles. The summed E-state index contributed by atoms with van der Waals surface area (Å²) in [7, 11) is 0. The quantitative estimate of drug-likeness (QED) is 0.396. The summed E-state index contributed by atoms with van der Waals surface area (Å²) in [5.74, 6) is 1.91. The van der Waals surface area contributed by atoms with Gasteiger partial charge in [0.25, 0.3) is 0 Å². The first-order chi connectivity index (χ1) is 10.2. The van der Waals surface area contributed by atoms with Gasteiger partial charge in [-0.05, 0) is 31.2 Å². The molecule has 2 aliphatic rings. The van der Waals surface area contributed by atoms with E-state index in [9.17, 15) is 0 Å². The van der Waals surface area contributed by atoms with E-state index in [-0.39, 0.29) is 29.6 Å². The van der Waals surface area contributed by atoms with Crippen LogP contribution in [0.15, 0.2) is 0 Å². The van der Waals surface area contributed by atoms with Crippen molar-refractivity contribution in [1.29, 1.82) is 0 Å². The van der Waals surface area contributed by atoms with Gasteiger partial charge in [0, 0.05) is 6.54 Å². The number of hydrogen-bond acceptors (Lipinski definition) is 2. The van der Waals surface area contributed by atoms with Crippen LogP contribution in [-0.2, 0) is 0 Å². The summed E-state index contributed by atoms with van der Waals surface area (Å²) in [5.41, 5.74) is 5.46. The Balaban J connectivity index is 0.000000397. The van der Waals surface area contributed by atoms with Crippen molar-refractivity contribution < 1.29 is 0 Å². The molecule has 2 saturated carbocycles. The van der Waals surface area contributed by atoms with E-state index in [0.29, 0.717) is 4.32 Å². The monoisotopic (exact) mass is 354 g/mol. The number of nitrogens with one attached hydrogen (secondary N) is 1. The molecule has 3 N–H and O–H groups in total. The van der Waals surface area contributed by atoms with E-state index in [1.54, 1.807) is 0 Å². The van der Waals surface area contributed by atoms with E-state index < -0.39 is 0 Å². The second-order valence-corrected chi connectivity index (χ2v) is 7.76. The second-order valence-electron chi connectivity index (χ2n) is 6.61. The fourth-order valence-electron chi connectivity index (χ4n) is 3.57. The number of rotatable bonds is 5. The van der Waals surface area contributed by atoms with Crippen LogP contribution in [0.3, 0.4) is 0 Å². The van der Waals surface area contributed by atoms with Crippen LogP contribution in [0.4, 0.5) is 0 Å². The minimum atomic E-state index is 0. The van der Waals surface area contributed by atoms with E-state index >= 15 is 0 Å². The summed E-state index contributed by atoms with van der Waals surface area (Å²) in [6.45, 7) is 1.90. The average molecular weight is 355 g/mol. The third kappa shape index (κ3) is 12.6. The first-order valence-corrected chi connectivity index (χ1v) is 9.74. The van der Waals surface area contributed by atoms with Crippen LogP contribution in [0.2, 0.25) is 0 Å². The Kier molecular flexibility index (Phi) is 16.6. The SMILES string of the molecule is NCCC1CCCCC1.S=C(S)NCCC1CCCCC1.[NaH]. The van der Waals surface area contributed by atoms with Gasteiger partial charge in [-0.3, -0.25) is 0 Å². The minimum absolute atomic E-state index is 0. The maximum atomic E-state index is 5.46. The zero-order valence-electron chi connectivity index (χ0n) is 13.5. The molecule has 0 aliphatic heterocycles. The summed E-state index contributed by atoms with van der Waals surface area (Å²) < 4.78 is 0.630. The topological polar surface area (TPSA) is 38.0 Å². The Labute approximate surface area is 170 Å². The van der Waals surface area contributed by atoms with E-state index in [2.05, 4.69) is 17.9 Å². The summed E-state index contributed by atoms with van der Waals surface area (Å²) in [4.78, 5) is 0. The fraction of sp³-hybridized carbons (Fsp3) is 0.941.